The van der Waals surface area contributed by atoms with E-state index in [1.54, 1.807) is 6.92 Å². The van der Waals surface area contributed by atoms with Crippen molar-refractivity contribution in [3.63, 3.8) is 0 Å². The molecular formula is C8H11F2N3O3. The summed E-state index contributed by atoms with van der Waals surface area (Å²) < 4.78 is 29.0. The van der Waals surface area contributed by atoms with Crippen LogP contribution in [0.4, 0.5) is 14.5 Å². The molecule has 0 aromatic carbocycles. The fourth-order valence-electron chi connectivity index (χ4n) is 1.32. The number of aromatic nitrogens is 2. The number of hydrogen-bond donors (Lipinski definition) is 0. The van der Waals surface area contributed by atoms with Crippen molar-refractivity contribution in [1.29, 1.82) is 0 Å². The zero-order valence-corrected chi connectivity index (χ0v) is 8.76. The van der Waals surface area contributed by atoms with Crippen molar-refractivity contribution in [2.45, 2.75) is 26.5 Å². The van der Waals surface area contributed by atoms with E-state index in [-0.39, 0.29) is 12.3 Å². The summed E-state index contributed by atoms with van der Waals surface area (Å²) in [4.78, 5) is 9.95. The van der Waals surface area contributed by atoms with E-state index in [0.717, 1.165) is 6.20 Å². The molecule has 0 radical (unpaired) electrons. The predicted molar refractivity (Wildman–Crippen MR) is 50.3 cm³/mol. The van der Waals surface area contributed by atoms with Crippen LogP contribution in [0.3, 0.4) is 0 Å². The van der Waals surface area contributed by atoms with Crippen LogP contribution in [-0.2, 0) is 4.74 Å². The Morgan fingerprint density at radius 1 is 1.69 bits per heavy atom. The molecule has 0 saturated carbocycles. The predicted octanol–water partition coefficient (Wildman–Crippen LogP) is 1.90. The average Bonchev–Trinajstić information content (AvgIpc) is 2.56. The lowest BCUT2D eigenvalue weighted by Crippen LogP contribution is -2.16. The second kappa shape index (κ2) is 4.97. The summed E-state index contributed by atoms with van der Waals surface area (Å²) in [6.07, 6.45) is 1.09. The number of ether oxygens (including phenoxy) is 1. The van der Waals surface area contributed by atoms with Gasteiger partial charge in [-0.15, -0.1) is 0 Å². The van der Waals surface area contributed by atoms with Crippen molar-refractivity contribution in [3.8, 4) is 0 Å². The molecule has 0 bridgehead atoms. The first-order valence-corrected chi connectivity index (χ1v) is 4.51. The lowest BCUT2D eigenvalue weighted by Gasteiger charge is -2.13. The van der Waals surface area contributed by atoms with Gasteiger partial charge in [-0.05, 0) is 13.8 Å². The average molecular weight is 235 g/mol. The molecule has 8 heteroatoms. The minimum absolute atomic E-state index is 0.135. The Bertz CT molecular complexity index is 381. The molecule has 0 saturated heterocycles. The van der Waals surface area contributed by atoms with Crippen LogP contribution >= 0.6 is 0 Å². The first-order chi connectivity index (χ1) is 7.43. The number of halogens is 2. The van der Waals surface area contributed by atoms with Gasteiger partial charge in [0.15, 0.2) is 0 Å². The van der Waals surface area contributed by atoms with Gasteiger partial charge in [0, 0.05) is 0 Å². The highest BCUT2D eigenvalue weighted by Gasteiger charge is 2.20. The van der Waals surface area contributed by atoms with Gasteiger partial charge in [-0.25, -0.2) is 0 Å². The highest BCUT2D eigenvalue weighted by atomic mass is 19.3. The third kappa shape index (κ3) is 2.72. The monoisotopic (exact) mass is 235 g/mol. The highest BCUT2D eigenvalue weighted by Crippen LogP contribution is 2.20. The molecular weight excluding hydrogens is 224 g/mol. The molecule has 90 valence electrons. The maximum atomic E-state index is 11.8. The molecule has 1 atom stereocenters. The zero-order valence-electron chi connectivity index (χ0n) is 8.76. The van der Waals surface area contributed by atoms with E-state index < -0.39 is 17.6 Å². The Balaban J connectivity index is 2.76. The van der Waals surface area contributed by atoms with Gasteiger partial charge in [-0.2, -0.15) is 13.9 Å². The molecule has 0 aliphatic carbocycles. The number of nitro groups is 1. The Hall–Kier alpha value is -1.57. The Kier molecular flexibility index (Phi) is 3.88. The van der Waals surface area contributed by atoms with Gasteiger partial charge in [0.25, 0.3) is 0 Å². The van der Waals surface area contributed by atoms with Crippen molar-refractivity contribution in [1.82, 2.24) is 9.78 Å². The van der Waals surface area contributed by atoms with E-state index in [0.29, 0.717) is 5.69 Å². The fraction of sp³-hybridized carbons (Fsp3) is 0.625. The highest BCUT2D eigenvalue weighted by molar-refractivity contribution is 5.31. The van der Waals surface area contributed by atoms with Crippen molar-refractivity contribution in [2.75, 3.05) is 6.61 Å². The summed E-state index contributed by atoms with van der Waals surface area (Å²) in [6.45, 7) is -0.0127. The van der Waals surface area contributed by atoms with Gasteiger partial charge < -0.3 is 4.74 Å². The second-order valence-electron chi connectivity index (χ2n) is 3.26. The number of alkyl halides is 2. The summed E-state index contributed by atoms with van der Waals surface area (Å²) in [7, 11) is 0. The third-order valence-corrected chi connectivity index (χ3v) is 2.10. The van der Waals surface area contributed by atoms with Crippen LogP contribution in [-0.4, -0.2) is 27.9 Å². The van der Waals surface area contributed by atoms with E-state index in [9.17, 15) is 18.9 Å². The number of hydrogen-bond acceptors (Lipinski definition) is 4. The Morgan fingerprint density at radius 3 is 2.75 bits per heavy atom. The van der Waals surface area contributed by atoms with Gasteiger partial charge in [0.05, 0.1) is 17.6 Å². The van der Waals surface area contributed by atoms with Crippen molar-refractivity contribution in [3.05, 3.63) is 22.0 Å². The number of rotatable bonds is 5. The molecule has 6 nitrogen and oxygen atoms in total. The number of nitrogens with zero attached hydrogens (tertiary/aromatic N) is 3. The minimum atomic E-state index is -2.85. The topological polar surface area (TPSA) is 70.2 Å². The zero-order chi connectivity index (χ0) is 12.3. The van der Waals surface area contributed by atoms with Crippen LogP contribution in [0.5, 0.6) is 0 Å². The summed E-state index contributed by atoms with van der Waals surface area (Å²) in [5.74, 6) is 0. The summed E-state index contributed by atoms with van der Waals surface area (Å²) >= 11 is 0. The van der Waals surface area contributed by atoms with Crippen LogP contribution in [0.15, 0.2) is 6.20 Å². The maximum absolute atomic E-state index is 11.8. The Morgan fingerprint density at radius 2 is 2.31 bits per heavy atom. The quantitative estimate of drug-likeness (QED) is 0.577. The van der Waals surface area contributed by atoms with Gasteiger partial charge in [0.2, 0.25) is 0 Å². The molecule has 0 aliphatic heterocycles. The molecule has 16 heavy (non-hydrogen) atoms. The van der Waals surface area contributed by atoms with E-state index in [1.807, 2.05) is 0 Å². The molecule has 1 aromatic rings. The molecule has 1 unspecified atom stereocenters. The van der Waals surface area contributed by atoms with E-state index >= 15 is 0 Å². The van der Waals surface area contributed by atoms with Crippen molar-refractivity contribution >= 4 is 5.69 Å². The first-order valence-electron chi connectivity index (χ1n) is 4.51. The van der Waals surface area contributed by atoms with Crippen molar-refractivity contribution < 1.29 is 18.4 Å². The summed E-state index contributed by atoms with van der Waals surface area (Å²) in [5.41, 5.74) is 0.180. The molecule has 1 rings (SSSR count). The largest absolute Gasteiger partial charge is 0.345 e. The molecule has 0 aliphatic rings. The third-order valence-electron chi connectivity index (χ3n) is 2.10. The smallest absolute Gasteiger partial charge is 0.321 e. The molecule has 0 N–H and O–H groups in total. The summed E-state index contributed by atoms with van der Waals surface area (Å²) in [5, 5.41) is 14.3. The van der Waals surface area contributed by atoms with Crippen LogP contribution in [0.1, 0.15) is 18.7 Å². The molecule has 1 heterocycles. The van der Waals surface area contributed by atoms with Gasteiger partial charge >= 0.3 is 12.3 Å². The van der Waals surface area contributed by atoms with E-state index in [2.05, 4.69) is 9.84 Å². The fourth-order valence-corrected chi connectivity index (χ4v) is 1.32. The summed E-state index contributed by atoms with van der Waals surface area (Å²) in [6, 6.07) is -0.484. The molecule has 0 amide bonds. The normalized spacial score (nSPS) is 13.1. The van der Waals surface area contributed by atoms with Gasteiger partial charge in [0.1, 0.15) is 11.9 Å². The minimum Gasteiger partial charge on any atom is -0.321 e. The lowest BCUT2D eigenvalue weighted by atomic mass is 10.3. The van der Waals surface area contributed by atoms with E-state index in [1.165, 1.54) is 11.6 Å². The SMILES string of the molecule is Cc1c([N+](=O)[O-])cnn1C(C)COC(F)F. The maximum Gasteiger partial charge on any atom is 0.345 e. The van der Waals surface area contributed by atoms with Crippen LogP contribution in [0, 0.1) is 17.0 Å². The molecule has 0 fully saturated rings. The Labute approximate surface area is 90.0 Å². The van der Waals surface area contributed by atoms with Gasteiger partial charge in [-0.1, -0.05) is 0 Å². The lowest BCUT2D eigenvalue weighted by molar-refractivity contribution is -0.385. The standard InChI is InChI=1S/C8H11F2N3O3/c1-5(4-16-8(9)10)12-6(2)7(3-11-12)13(14)15/h3,5,8H,4H2,1-2H3. The van der Waals surface area contributed by atoms with Crippen molar-refractivity contribution in [2.24, 2.45) is 0 Å². The first kappa shape index (κ1) is 12.5. The molecule has 1 aromatic heterocycles. The van der Waals surface area contributed by atoms with Gasteiger partial charge in [-0.3, -0.25) is 14.8 Å². The molecule has 0 spiro atoms. The second-order valence-corrected chi connectivity index (χ2v) is 3.26. The van der Waals surface area contributed by atoms with E-state index in [4.69, 9.17) is 0 Å². The van der Waals surface area contributed by atoms with Crippen LogP contribution in [0.2, 0.25) is 0 Å². The van der Waals surface area contributed by atoms with Crippen LogP contribution < -0.4 is 0 Å². The van der Waals surface area contributed by atoms with Crippen LogP contribution in [0.25, 0.3) is 0 Å².